The van der Waals surface area contributed by atoms with Gasteiger partial charge in [0, 0.05) is 186 Å². The number of aromatic carboxylic acids is 3. The van der Waals surface area contributed by atoms with Crippen molar-refractivity contribution >= 4 is 106 Å². The fourth-order valence-corrected chi connectivity index (χ4v) is 16.9. The van der Waals surface area contributed by atoms with E-state index < -0.39 is 41.9 Å². The number of fused-ring (bicyclic) bond motifs is 9. The summed E-state index contributed by atoms with van der Waals surface area (Å²) in [7, 11) is 7.83. The molecule has 3 aliphatic rings. The Morgan fingerprint density at radius 1 is 0.410 bits per heavy atom. The third-order valence-corrected chi connectivity index (χ3v) is 23.4. The summed E-state index contributed by atoms with van der Waals surface area (Å²) in [5, 5.41) is 71.3. The largest absolute Gasteiger partial charge is 0.507 e. The number of carboxylic acids is 3. The van der Waals surface area contributed by atoms with Crippen LogP contribution in [-0.4, -0.2) is 200 Å². The van der Waals surface area contributed by atoms with Crippen LogP contribution >= 0.6 is 23.2 Å². The van der Waals surface area contributed by atoms with E-state index in [0.717, 1.165) is 99.0 Å². The summed E-state index contributed by atoms with van der Waals surface area (Å²) in [5.74, 6) is -1.89. The van der Waals surface area contributed by atoms with Gasteiger partial charge in [-0.3, -0.25) is 14.7 Å². The number of piperazine rings is 3. The van der Waals surface area contributed by atoms with Crippen LogP contribution in [0.3, 0.4) is 0 Å². The van der Waals surface area contributed by atoms with E-state index >= 15 is 0 Å². The van der Waals surface area contributed by atoms with Crippen LogP contribution < -0.4 is 18.9 Å². The summed E-state index contributed by atoms with van der Waals surface area (Å²) >= 11 is 11.9. The molecule has 18 rings (SSSR count). The van der Waals surface area contributed by atoms with E-state index in [1.165, 1.54) is 30.9 Å². The zero-order valence-electron chi connectivity index (χ0n) is 67.0. The number of carbonyl (C=O) groups is 3. The van der Waals surface area contributed by atoms with Crippen molar-refractivity contribution < 1.29 is 81.6 Å². The summed E-state index contributed by atoms with van der Waals surface area (Å²) < 4.78 is 54.6. The van der Waals surface area contributed by atoms with E-state index in [1.807, 2.05) is 140 Å². The number of hydrogen-bond donors (Lipinski definition) is 6. The normalized spacial score (nSPS) is 15.4. The van der Waals surface area contributed by atoms with Gasteiger partial charge in [-0.2, -0.15) is 0 Å². The molecule has 6 N–H and O–H groups in total. The standard InChI is InChI=1S/C32H31N3O6.C31H27ClFN3O5.C31H28ClN3O5/c1-34-12-14-35(15-13-34)29(21-10-11-33-26(17-21)40-18-20-6-5-7-22(16-20)39-2)28-27-25(32(37)38)19-41-31(27)24-9-4-3-8-23(24)30(28)36;1-35-10-12-36(13-11-35)28(19-8-9-34-25(15-19)40-16-18-6-7-24(33)23(32)14-18)27-26-22(31(38)39)17-41-30(26)21-5-3-2-4-20(21)29(27)37;1-34-12-14-35(15-13-34)28(20-10-11-33-25(16-20)39-17-19-6-8-21(32)9-7-19)27-26-24(31(37)38)18-40-30(26)23-5-3-2-4-22(23)29(27)36/h3-11,16-17,19,29,36H,12-15,18H2,1-2H3,(H,37,38);2-9,14-15,17,28,37H,10-13,16H2,1H3,(H,38,39);2-11,16,18,28,36H,12-15,17H2,1H3,(H,37,38). The third kappa shape index (κ3) is 17.2. The first-order valence-corrected chi connectivity index (χ1v) is 40.4. The zero-order chi connectivity index (χ0) is 85.0. The Morgan fingerprint density at radius 2 is 0.738 bits per heavy atom. The van der Waals surface area contributed by atoms with Crippen molar-refractivity contribution in [1.82, 2.24) is 44.4 Å². The first-order valence-electron chi connectivity index (χ1n) is 39.7. The molecule has 0 spiro atoms. The molecule has 3 fully saturated rings. The van der Waals surface area contributed by atoms with Gasteiger partial charge in [-0.15, -0.1) is 0 Å². The van der Waals surface area contributed by atoms with Gasteiger partial charge in [0.1, 0.15) is 101 Å². The van der Waals surface area contributed by atoms with Crippen molar-refractivity contribution in [3.63, 3.8) is 0 Å². The minimum Gasteiger partial charge on any atom is -0.507 e. The number of pyridine rings is 3. The van der Waals surface area contributed by atoms with Gasteiger partial charge >= 0.3 is 17.9 Å². The van der Waals surface area contributed by atoms with E-state index in [4.69, 9.17) is 55.4 Å². The highest BCUT2D eigenvalue weighted by atomic mass is 35.5. The molecule has 6 aromatic heterocycles. The lowest BCUT2D eigenvalue weighted by atomic mass is 9.89. The molecule has 0 saturated carbocycles. The number of carboxylic acid groups (broad SMARTS) is 3. The highest BCUT2D eigenvalue weighted by Gasteiger charge is 2.38. The smallest absolute Gasteiger partial charge is 0.339 e. The number of furan rings is 3. The number of rotatable bonds is 22. The molecule has 122 heavy (non-hydrogen) atoms. The molecule has 3 saturated heterocycles. The summed E-state index contributed by atoms with van der Waals surface area (Å²) in [6.45, 7) is 9.88. The maximum absolute atomic E-state index is 13.6. The second kappa shape index (κ2) is 36.2. The number of aromatic hydroxyl groups is 3. The topological polar surface area (TPSA) is 307 Å². The summed E-state index contributed by atoms with van der Waals surface area (Å²) in [6.07, 6.45) is 8.74. The first kappa shape index (κ1) is 82.8. The Morgan fingerprint density at radius 3 is 1.07 bits per heavy atom. The molecule has 3 aliphatic heterocycles. The van der Waals surface area contributed by atoms with Crippen LogP contribution in [-0.2, 0) is 19.8 Å². The van der Waals surface area contributed by atoms with Gasteiger partial charge in [0.15, 0.2) is 0 Å². The number of phenols is 3. The van der Waals surface area contributed by atoms with Crippen molar-refractivity contribution in [2.45, 2.75) is 37.9 Å². The molecule has 9 heterocycles. The van der Waals surface area contributed by atoms with E-state index in [-0.39, 0.29) is 45.6 Å². The molecule has 3 unspecified atom stereocenters. The van der Waals surface area contributed by atoms with Gasteiger partial charge in [0.25, 0.3) is 0 Å². The van der Waals surface area contributed by atoms with Crippen LogP contribution in [0.4, 0.5) is 4.39 Å². The van der Waals surface area contributed by atoms with Crippen molar-refractivity contribution in [3.8, 4) is 40.6 Å². The van der Waals surface area contributed by atoms with Gasteiger partial charge in [0.05, 0.1) is 30.3 Å². The van der Waals surface area contributed by atoms with Crippen LogP contribution in [0.5, 0.6) is 40.6 Å². The highest BCUT2D eigenvalue weighted by Crippen LogP contribution is 2.51. The second-order valence-electron chi connectivity index (χ2n) is 30.5. The molecule has 15 aromatic rings. The summed E-state index contributed by atoms with van der Waals surface area (Å²) in [6, 6.07) is 51.0. The van der Waals surface area contributed by atoms with Crippen LogP contribution in [0.15, 0.2) is 227 Å². The molecular weight excluding hydrogens is 1600 g/mol. The fourth-order valence-electron chi connectivity index (χ4n) is 16.6. The molecule has 0 bridgehead atoms. The lowest BCUT2D eigenvalue weighted by Crippen LogP contribution is -2.46. The third-order valence-electron chi connectivity index (χ3n) is 22.9. The Bertz CT molecular complexity index is 6400. The number of halogens is 3. The summed E-state index contributed by atoms with van der Waals surface area (Å²) in [4.78, 5) is 63.8. The fraction of sp³-hybridized carbons (Fsp3) is 0.234. The zero-order valence-corrected chi connectivity index (χ0v) is 68.5. The van der Waals surface area contributed by atoms with Crippen LogP contribution in [0.1, 0.15) is 99.3 Å². The average Bonchev–Trinajstić information content (AvgIpc) is 1.49. The van der Waals surface area contributed by atoms with Crippen molar-refractivity contribution in [1.29, 1.82) is 0 Å². The lowest BCUT2D eigenvalue weighted by molar-refractivity contribution is 0.0686. The van der Waals surface area contributed by atoms with Gasteiger partial charge in [-0.05, 0) is 109 Å². The number of nitrogens with zero attached hydrogens (tertiary/aromatic N) is 9. The number of likely N-dealkylation sites (N-methyl/N-ethyl adjacent to an activating group) is 3. The first-order chi connectivity index (χ1) is 59.2. The SMILES string of the molecule is CN1CCN(C(c2ccnc(OCc3ccc(Cl)cc3)c2)c2c(O)c3ccccc3c3occ(C(=O)O)c23)CC1.CN1CCN(C(c2ccnc(OCc3ccc(F)c(Cl)c3)c2)c2c(O)c3ccccc3c3occ(C(=O)O)c23)CC1.COc1cccc(COc2cc(C(c3c(O)c4ccccc4c4occ(C(=O)O)c34)N3CCN(C)CC3)ccn2)c1. The molecule has 9 aromatic carbocycles. The lowest BCUT2D eigenvalue weighted by Gasteiger charge is -2.39. The number of aromatic nitrogens is 3. The van der Waals surface area contributed by atoms with Crippen LogP contribution in [0.25, 0.3) is 65.2 Å². The number of hydrogen-bond acceptors (Lipinski definition) is 22. The maximum Gasteiger partial charge on any atom is 0.339 e. The van der Waals surface area contributed by atoms with Gasteiger partial charge in [0.2, 0.25) is 17.6 Å². The van der Waals surface area contributed by atoms with Gasteiger partial charge in [-0.25, -0.2) is 33.7 Å². The summed E-state index contributed by atoms with van der Waals surface area (Å²) in [5.41, 5.74) is 7.73. The Hall–Kier alpha value is -12.9. The molecule has 25 nitrogen and oxygen atoms in total. The predicted octanol–water partition coefficient (Wildman–Crippen LogP) is 17.4. The molecule has 624 valence electrons. The Labute approximate surface area is 709 Å². The number of phenolic OH excluding ortho intramolecular Hbond substituents is 3. The highest BCUT2D eigenvalue weighted by molar-refractivity contribution is 6.31. The monoisotopic (exact) mass is 1690 g/mol. The molecule has 0 amide bonds. The van der Waals surface area contributed by atoms with Crippen LogP contribution in [0, 0.1) is 5.82 Å². The molecule has 0 aliphatic carbocycles. The number of methoxy groups -OCH3 is 1. The van der Waals surface area contributed by atoms with Crippen molar-refractivity contribution in [2.24, 2.45) is 0 Å². The van der Waals surface area contributed by atoms with Gasteiger partial charge in [-0.1, -0.05) is 126 Å². The minimum absolute atomic E-state index is 0.00108. The Kier molecular flexibility index (Phi) is 24.6. The van der Waals surface area contributed by atoms with E-state index in [9.17, 15) is 49.4 Å². The number of benzene rings is 9. The molecular formula is C94H86Cl2FN9O16. The van der Waals surface area contributed by atoms with E-state index in [0.29, 0.717) is 136 Å². The quantitative estimate of drug-likeness (QED) is 0.0367. The van der Waals surface area contributed by atoms with Crippen molar-refractivity contribution in [2.75, 3.05) is 107 Å². The number of ether oxygens (including phenoxy) is 4. The van der Waals surface area contributed by atoms with Gasteiger partial charge < -0.3 is 77.5 Å². The predicted molar refractivity (Wildman–Crippen MR) is 461 cm³/mol. The molecule has 3 atom stereocenters. The second-order valence-corrected chi connectivity index (χ2v) is 31.3. The van der Waals surface area contributed by atoms with Crippen molar-refractivity contribution in [3.05, 3.63) is 296 Å². The minimum atomic E-state index is -1.14. The van der Waals surface area contributed by atoms with E-state index in [1.54, 1.807) is 50.0 Å². The molecule has 0 radical (unpaired) electrons. The van der Waals surface area contributed by atoms with E-state index in [2.05, 4.69) is 65.5 Å². The maximum atomic E-state index is 13.6. The Balaban J connectivity index is 0.000000136. The molecule has 28 heteroatoms. The van der Waals surface area contributed by atoms with Crippen LogP contribution in [0.2, 0.25) is 10.0 Å². The average molecular weight is 1690 g/mol.